The summed E-state index contributed by atoms with van der Waals surface area (Å²) in [6.07, 6.45) is 0.285. The van der Waals surface area contributed by atoms with E-state index in [0.717, 1.165) is 12.1 Å². The van der Waals surface area contributed by atoms with E-state index in [2.05, 4.69) is 0 Å². The molecular weight excluding hydrogens is 217 g/mol. The molecule has 0 aliphatic heterocycles. The molecule has 0 atom stereocenters. The maximum Gasteiger partial charge on any atom is 0.194 e. The third kappa shape index (κ3) is 3.36. The molecular formula is C12H13F3O. The van der Waals surface area contributed by atoms with Crippen molar-refractivity contribution in [1.82, 2.24) is 0 Å². The fourth-order valence-electron chi connectivity index (χ4n) is 1.47. The van der Waals surface area contributed by atoms with Gasteiger partial charge in [0.2, 0.25) is 0 Å². The van der Waals surface area contributed by atoms with Gasteiger partial charge in [-0.2, -0.15) is 0 Å². The van der Waals surface area contributed by atoms with Crippen LogP contribution in [0.1, 0.15) is 25.8 Å². The monoisotopic (exact) mass is 230 g/mol. The highest BCUT2D eigenvalue weighted by Crippen LogP contribution is 2.15. The van der Waals surface area contributed by atoms with E-state index >= 15 is 0 Å². The minimum Gasteiger partial charge on any atom is -0.299 e. The first-order valence-corrected chi connectivity index (χ1v) is 5.05. The summed E-state index contributed by atoms with van der Waals surface area (Å²) in [7, 11) is 0. The molecule has 0 aliphatic carbocycles. The van der Waals surface area contributed by atoms with E-state index in [-0.39, 0.29) is 23.7 Å². The molecule has 0 spiro atoms. The van der Waals surface area contributed by atoms with Crippen LogP contribution >= 0.6 is 0 Å². The Morgan fingerprint density at radius 1 is 1.19 bits per heavy atom. The van der Waals surface area contributed by atoms with Crippen molar-refractivity contribution in [3.05, 3.63) is 35.1 Å². The third-order valence-corrected chi connectivity index (χ3v) is 2.08. The van der Waals surface area contributed by atoms with E-state index in [0.29, 0.717) is 6.42 Å². The van der Waals surface area contributed by atoms with Gasteiger partial charge in [-0.3, -0.25) is 4.79 Å². The van der Waals surface area contributed by atoms with E-state index in [4.69, 9.17) is 0 Å². The molecule has 0 saturated heterocycles. The molecule has 0 bridgehead atoms. The van der Waals surface area contributed by atoms with Crippen molar-refractivity contribution in [2.45, 2.75) is 26.7 Å². The lowest BCUT2D eigenvalue weighted by atomic mass is 10.0. The molecule has 1 aromatic rings. The van der Waals surface area contributed by atoms with E-state index in [1.54, 1.807) is 0 Å². The van der Waals surface area contributed by atoms with Gasteiger partial charge < -0.3 is 0 Å². The fraction of sp³-hybridized carbons (Fsp3) is 0.417. The van der Waals surface area contributed by atoms with Crippen LogP contribution in [0.3, 0.4) is 0 Å². The van der Waals surface area contributed by atoms with Gasteiger partial charge in [-0.1, -0.05) is 13.8 Å². The minimum absolute atomic E-state index is 0.0632. The number of hydrogen-bond acceptors (Lipinski definition) is 1. The largest absolute Gasteiger partial charge is 0.299 e. The second-order valence-electron chi connectivity index (χ2n) is 4.19. The molecule has 1 rings (SSSR count). The molecule has 4 heteroatoms. The van der Waals surface area contributed by atoms with Crippen LogP contribution < -0.4 is 0 Å². The Morgan fingerprint density at radius 3 is 2.12 bits per heavy atom. The van der Waals surface area contributed by atoms with Gasteiger partial charge in [0.25, 0.3) is 0 Å². The van der Waals surface area contributed by atoms with Gasteiger partial charge in [0.05, 0.1) is 0 Å². The summed E-state index contributed by atoms with van der Waals surface area (Å²) in [5.74, 6) is -3.93. The molecule has 0 fully saturated rings. The smallest absolute Gasteiger partial charge is 0.194 e. The summed E-state index contributed by atoms with van der Waals surface area (Å²) in [5, 5.41) is 0. The Hall–Kier alpha value is -1.32. The molecule has 1 nitrogen and oxygen atoms in total. The van der Waals surface area contributed by atoms with Crippen molar-refractivity contribution >= 4 is 5.78 Å². The minimum atomic E-state index is -1.50. The maximum atomic E-state index is 12.8. The van der Waals surface area contributed by atoms with Crippen LogP contribution in [0.4, 0.5) is 13.2 Å². The first-order valence-electron chi connectivity index (χ1n) is 5.05. The molecule has 0 amide bonds. The Bertz CT molecular complexity index is 376. The average molecular weight is 230 g/mol. The summed E-state index contributed by atoms with van der Waals surface area (Å²) in [4.78, 5) is 11.4. The van der Waals surface area contributed by atoms with Crippen molar-refractivity contribution in [2.75, 3.05) is 0 Å². The zero-order valence-corrected chi connectivity index (χ0v) is 9.19. The highest BCUT2D eigenvalue weighted by molar-refractivity contribution is 5.81. The second kappa shape index (κ2) is 5.14. The van der Waals surface area contributed by atoms with Crippen LogP contribution in [-0.2, 0) is 11.2 Å². The fourth-order valence-corrected chi connectivity index (χ4v) is 1.47. The Kier molecular flexibility index (Phi) is 4.10. The second-order valence-corrected chi connectivity index (χ2v) is 4.19. The topological polar surface area (TPSA) is 17.1 Å². The zero-order valence-electron chi connectivity index (χ0n) is 9.19. The highest BCUT2D eigenvalue weighted by atomic mass is 19.2. The summed E-state index contributed by atoms with van der Waals surface area (Å²) in [5.41, 5.74) is 0.169. The summed E-state index contributed by atoms with van der Waals surface area (Å²) < 4.78 is 38.3. The lowest BCUT2D eigenvalue weighted by Crippen LogP contribution is -2.07. The van der Waals surface area contributed by atoms with Gasteiger partial charge in [0.15, 0.2) is 17.5 Å². The predicted molar refractivity (Wildman–Crippen MR) is 54.5 cm³/mol. The zero-order chi connectivity index (χ0) is 12.3. The third-order valence-electron chi connectivity index (χ3n) is 2.08. The van der Waals surface area contributed by atoms with E-state index < -0.39 is 17.5 Å². The molecule has 16 heavy (non-hydrogen) atoms. The van der Waals surface area contributed by atoms with Crippen molar-refractivity contribution < 1.29 is 18.0 Å². The lowest BCUT2D eigenvalue weighted by Gasteiger charge is -2.05. The van der Waals surface area contributed by atoms with Crippen molar-refractivity contribution in [3.63, 3.8) is 0 Å². The van der Waals surface area contributed by atoms with Crippen molar-refractivity contribution in [2.24, 2.45) is 5.92 Å². The number of hydrogen-bond donors (Lipinski definition) is 0. The Balaban J connectivity index is 2.79. The summed E-state index contributed by atoms with van der Waals surface area (Å²) in [6.45, 7) is 3.76. The van der Waals surface area contributed by atoms with E-state index in [9.17, 15) is 18.0 Å². The summed E-state index contributed by atoms with van der Waals surface area (Å²) >= 11 is 0. The number of rotatable bonds is 4. The quantitative estimate of drug-likeness (QED) is 0.725. The van der Waals surface area contributed by atoms with Crippen LogP contribution in [0.5, 0.6) is 0 Å². The SMILES string of the molecule is CC(C)CC(=O)Cc1cc(F)c(F)c(F)c1. The van der Waals surface area contributed by atoms with Crippen LogP contribution in [0.2, 0.25) is 0 Å². The number of ketones is 1. The predicted octanol–water partition coefficient (Wildman–Crippen LogP) is 3.26. The molecule has 88 valence electrons. The molecule has 0 saturated carbocycles. The van der Waals surface area contributed by atoms with Crippen LogP contribution in [0.25, 0.3) is 0 Å². The average Bonchev–Trinajstić information content (AvgIpc) is 2.12. The van der Waals surface area contributed by atoms with Gasteiger partial charge in [0.1, 0.15) is 5.78 Å². The van der Waals surface area contributed by atoms with Crippen LogP contribution in [0.15, 0.2) is 12.1 Å². The van der Waals surface area contributed by atoms with E-state index in [1.165, 1.54) is 0 Å². The first kappa shape index (κ1) is 12.7. The van der Waals surface area contributed by atoms with Gasteiger partial charge in [-0.25, -0.2) is 13.2 Å². The Morgan fingerprint density at radius 2 is 1.69 bits per heavy atom. The van der Waals surface area contributed by atoms with Gasteiger partial charge in [0, 0.05) is 12.8 Å². The number of carbonyl (C=O) groups is 1. The van der Waals surface area contributed by atoms with Crippen LogP contribution in [0, 0.1) is 23.4 Å². The number of benzene rings is 1. The number of halogens is 3. The van der Waals surface area contributed by atoms with Crippen molar-refractivity contribution in [1.29, 1.82) is 0 Å². The molecule has 0 heterocycles. The highest BCUT2D eigenvalue weighted by Gasteiger charge is 2.13. The molecule has 0 aromatic heterocycles. The molecule has 0 N–H and O–H groups in total. The Labute approximate surface area is 92.3 Å². The molecule has 1 aromatic carbocycles. The van der Waals surface area contributed by atoms with Gasteiger partial charge >= 0.3 is 0 Å². The first-order chi connectivity index (χ1) is 7.40. The lowest BCUT2D eigenvalue weighted by molar-refractivity contribution is -0.119. The normalized spacial score (nSPS) is 10.9. The van der Waals surface area contributed by atoms with Crippen molar-refractivity contribution in [3.8, 4) is 0 Å². The molecule has 0 unspecified atom stereocenters. The number of carbonyl (C=O) groups excluding carboxylic acids is 1. The molecule has 0 radical (unpaired) electrons. The maximum absolute atomic E-state index is 12.8. The van der Waals surface area contributed by atoms with Gasteiger partial charge in [-0.15, -0.1) is 0 Å². The van der Waals surface area contributed by atoms with Gasteiger partial charge in [-0.05, 0) is 23.6 Å². The summed E-state index contributed by atoms with van der Waals surface area (Å²) in [6, 6.07) is 1.72. The van der Waals surface area contributed by atoms with Crippen LogP contribution in [-0.4, -0.2) is 5.78 Å². The molecule has 0 aliphatic rings. The van der Waals surface area contributed by atoms with E-state index in [1.807, 2.05) is 13.8 Å². The standard InChI is InChI=1S/C12H13F3O/c1-7(2)3-9(16)4-8-5-10(13)12(15)11(14)6-8/h5-7H,3-4H2,1-2H3. The number of Topliss-reactive ketones (excluding diaryl/α,β-unsaturated/α-hetero) is 1.